The number of hydrogen-bond acceptors (Lipinski definition) is 21. The molecule has 2 aliphatic rings. The maximum absolute atomic E-state index is 14.4. The van der Waals surface area contributed by atoms with E-state index in [4.69, 9.17) is 71.1 Å². The van der Waals surface area contributed by atoms with Crippen LogP contribution in [-0.4, -0.2) is 123 Å². The van der Waals surface area contributed by atoms with Crippen LogP contribution in [0.2, 0.25) is 20.1 Å². The number of likely N-dealkylation sites (N-methyl/N-ethyl adjacent to an activating group) is 1. The number of benzene rings is 8. The number of fused-ring (bicyclic) bond motifs is 1. The van der Waals surface area contributed by atoms with Crippen molar-refractivity contribution < 1.29 is 23.0 Å². The van der Waals surface area contributed by atoms with Crippen LogP contribution in [-0.2, 0) is 57.3 Å². The number of aromatic nitrogens is 14. The minimum absolute atomic E-state index is 0.0106. The average molecular weight is 2070 g/mol. The molecule has 8 aromatic carbocycles. The fourth-order valence-corrected chi connectivity index (χ4v) is 19.7. The van der Waals surface area contributed by atoms with Crippen molar-refractivity contribution in [1.82, 2.24) is 70.5 Å². The number of hydrogen-bond donors (Lipinski definition) is 3. The van der Waals surface area contributed by atoms with Crippen molar-refractivity contribution in [2.45, 2.75) is 216 Å². The first-order valence-electron chi connectivity index (χ1n) is 46.4. The first kappa shape index (κ1) is 108. The fraction of sp³-hybridized carbons (Fsp3) is 0.367. The van der Waals surface area contributed by atoms with Crippen LogP contribution in [0.5, 0.6) is 5.75 Å². The Morgan fingerprint density at radius 1 is 0.493 bits per heavy atom. The smallest absolute Gasteiger partial charge is 0.204 e. The van der Waals surface area contributed by atoms with Gasteiger partial charge in [-0.15, -0.1) is 60.6 Å². The molecule has 0 aliphatic carbocycles. The summed E-state index contributed by atoms with van der Waals surface area (Å²) in [4.78, 5) is 38.4. The molecule has 19 nitrogen and oxygen atoms in total. The van der Waals surface area contributed by atoms with E-state index >= 15 is 0 Å². The number of imidazole rings is 1. The van der Waals surface area contributed by atoms with Crippen LogP contribution in [0.1, 0.15) is 211 Å². The molecule has 0 atom stereocenters. The van der Waals surface area contributed by atoms with Gasteiger partial charge >= 0.3 is 0 Å². The molecular weight excluding hydrogens is 1940 g/mol. The summed E-state index contributed by atoms with van der Waals surface area (Å²) in [6, 6.07) is 54.7. The molecule has 3 N–H and O–H groups in total. The molecule has 0 saturated carbocycles. The molecule has 140 heavy (non-hydrogen) atoms. The Labute approximate surface area is 862 Å². The molecule has 1 saturated heterocycles. The first-order valence-corrected chi connectivity index (χ1v) is 52.2. The summed E-state index contributed by atoms with van der Waals surface area (Å²) in [5.41, 5.74) is 19.2. The van der Waals surface area contributed by atoms with Crippen molar-refractivity contribution in [3.8, 4) is 90.5 Å². The van der Waals surface area contributed by atoms with E-state index < -0.39 is 16.8 Å². The van der Waals surface area contributed by atoms with E-state index in [2.05, 4.69) is 265 Å². The number of tetrazole rings is 1. The summed E-state index contributed by atoms with van der Waals surface area (Å²) in [5.74, 6) is 1.06. The Bertz CT molecular complexity index is 6600. The third-order valence-corrected chi connectivity index (χ3v) is 30.4. The zero-order valence-electron chi connectivity index (χ0n) is 84.2. The van der Waals surface area contributed by atoms with E-state index in [0.717, 1.165) is 142 Å². The van der Waals surface area contributed by atoms with E-state index in [-0.39, 0.29) is 61.5 Å². The van der Waals surface area contributed by atoms with Crippen LogP contribution in [0.3, 0.4) is 0 Å². The Kier molecular flexibility index (Phi) is 35.7. The van der Waals surface area contributed by atoms with Gasteiger partial charge < -0.3 is 29.5 Å². The Morgan fingerprint density at radius 3 is 1.47 bits per heavy atom. The second kappa shape index (κ2) is 46.2. The van der Waals surface area contributed by atoms with Gasteiger partial charge in [-0.3, -0.25) is 0 Å². The largest absolute Gasteiger partial charge is 0.497 e. The Balaban J connectivity index is 0.000000147. The van der Waals surface area contributed by atoms with Crippen LogP contribution in [0, 0.1) is 16.8 Å². The number of nitrogens with one attached hydrogen (secondary N) is 2. The van der Waals surface area contributed by atoms with Gasteiger partial charge in [-0.05, 0) is 145 Å². The van der Waals surface area contributed by atoms with Crippen LogP contribution in [0.25, 0.3) is 84.7 Å². The lowest BCUT2D eigenvalue weighted by atomic mass is 9.93. The molecule has 10 heterocycles. The third-order valence-electron chi connectivity index (χ3n) is 22.6. The predicted octanol–water partition coefficient (Wildman–Crippen LogP) is 30.5. The van der Waals surface area contributed by atoms with Crippen molar-refractivity contribution in [3.63, 3.8) is 0 Å². The van der Waals surface area contributed by atoms with Crippen LogP contribution in [0.15, 0.2) is 198 Å². The Morgan fingerprint density at radius 2 is 0.993 bits per heavy atom. The first-order chi connectivity index (χ1) is 65.9. The van der Waals surface area contributed by atoms with Crippen molar-refractivity contribution in [2.75, 3.05) is 62.1 Å². The minimum atomic E-state index is -0.661. The number of nitrogens with zero attached hydrogens (tertiary/aromatic N) is 15. The second-order valence-corrected chi connectivity index (χ2v) is 47.9. The van der Waals surface area contributed by atoms with E-state index in [1.165, 1.54) is 55.8 Å². The zero-order chi connectivity index (χ0) is 102. The standard InChI is InChI=1S/C22H26N2OS.C17H19F3N2S.C16H20N2S.C15H17Cl2NOS.C14H15N5S.C13H15ClN2.C12H14ClN3/c1-22(2,3)21-23-20(15-26-21)17-8-10-18(11-9-17)24(4)14-16-6-12-19(25-5)13-7-16;1-17(2,3)16-21-13(15(20)23-16)10-8-11(18)14(12(19)9-10)22-6-4-5-7-22;1-16(2,3)15-17-13(10-19-15)11-5-6-14-12(9-11)7-8-18(14)4;1-15(2,3)14-18-13(12(20-14)6-7-19)9-4-5-10(16)11(17)8-9;1-14(2,3)13-15-11(8-20-13)9-4-6-10(7-5-9)12-16-18-19-17-12;1-13(2,3)11-8-15-12(16-11)9-4-6-10(14)7-5-9;1-12(2,3)11-8-16(15-14-11)10-6-4-9(13)5-7-10/h6-13,15H,14H2,1-5H3;8-9H,4-7H2,1-3H3;5-6,9-10H,7-8H2,1-4H3;4-5,8,19H,6-7H2,1-3H3;4-8H,1-3H3,(H,16,17,18,19);4-8H,1-3H3,(H,15,16);4-8H,1-3H3. The van der Waals surface area contributed by atoms with Crippen LogP contribution in [0.4, 0.5) is 30.2 Å². The SMILES string of the molecule is CC(C)(C)c1cn(-c2ccc(Cl)cc2)nn1.CC(C)(C)c1cnc(-c2ccc(Cl)cc2)[nH]1.CC(C)(C)c1nc(-c2cc(F)c(N3CCCC3)c(F)c2)c(F)s1.CC(C)(C)c1nc(-c2ccc(-c3nn[nH]n3)cc2)cs1.CC(C)(C)c1nc(-c2ccc(Cl)c(Cl)c2)c(CCO)s1.CN1CCc2cc(-c3csc(C(C)(C)C)n3)ccc21.COc1ccc(CN(C)c2ccc(-c3csc(C(C)(C)C)n3)cc2)cc1. The molecule has 18 rings (SSSR count). The molecule has 0 amide bonds. The molecule has 0 unspecified atom stereocenters. The lowest BCUT2D eigenvalue weighted by Gasteiger charge is -2.20. The Hall–Kier alpha value is -10.6. The van der Waals surface area contributed by atoms with Gasteiger partial charge in [0, 0.05) is 184 Å². The number of aliphatic hydroxyl groups excluding tert-OH is 1. The van der Waals surface area contributed by atoms with Crippen molar-refractivity contribution in [1.29, 1.82) is 0 Å². The summed E-state index contributed by atoms with van der Waals surface area (Å²) in [7, 11) is 5.96. The number of aromatic amines is 2. The number of halogens is 7. The lowest BCUT2D eigenvalue weighted by Crippen LogP contribution is -2.20. The quantitative estimate of drug-likeness (QED) is 0.0869. The highest BCUT2D eigenvalue weighted by molar-refractivity contribution is 7.12. The predicted molar refractivity (Wildman–Crippen MR) is 581 cm³/mol. The second-order valence-electron chi connectivity index (χ2n) is 41.6. The minimum Gasteiger partial charge on any atom is -0.497 e. The summed E-state index contributed by atoms with van der Waals surface area (Å²) in [6.45, 7) is 48.1. The highest BCUT2D eigenvalue weighted by atomic mass is 35.5. The van der Waals surface area contributed by atoms with E-state index in [0.29, 0.717) is 40.4 Å². The number of thiazole rings is 5. The van der Waals surface area contributed by atoms with E-state index in [9.17, 15) is 18.3 Å². The van der Waals surface area contributed by atoms with Gasteiger partial charge in [0.25, 0.3) is 0 Å². The van der Waals surface area contributed by atoms with E-state index in [1.807, 2.05) is 130 Å². The maximum atomic E-state index is 14.4. The summed E-state index contributed by atoms with van der Waals surface area (Å²) < 4.78 is 50.0. The van der Waals surface area contributed by atoms with E-state index in [1.54, 1.807) is 68.1 Å². The molecule has 2 aliphatic heterocycles. The van der Waals surface area contributed by atoms with Gasteiger partial charge in [0.05, 0.1) is 77.5 Å². The highest BCUT2D eigenvalue weighted by Gasteiger charge is 2.30. The molecule has 8 aromatic heterocycles. The number of rotatable bonds is 15. The summed E-state index contributed by atoms with van der Waals surface area (Å²) in [6.07, 6.45) is 7.44. The molecule has 0 spiro atoms. The topological polar surface area (TPSA) is 217 Å². The third kappa shape index (κ3) is 29.1. The fourth-order valence-electron chi connectivity index (χ4n) is 14.4. The molecule has 16 aromatic rings. The molecular formula is C109H126Cl4F3N17O2S5. The van der Waals surface area contributed by atoms with Gasteiger partial charge in [0.15, 0.2) is 0 Å². The van der Waals surface area contributed by atoms with Crippen LogP contribution >= 0.6 is 103 Å². The zero-order valence-corrected chi connectivity index (χ0v) is 91.3. The molecule has 31 heteroatoms. The van der Waals surface area contributed by atoms with Gasteiger partial charge in [0.1, 0.15) is 39.6 Å². The summed E-state index contributed by atoms with van der Waals surface area (Å²) in [5, 5.41) is 45.1. The average Bonchev–Trinajstić information content (AvgIpc) is 1.75. The van der Waals surface area contributed by atoms with Crippen molar-refractivity contribution in [3.05, 3.63) is 288 Å². The van der Waals surface area contributed by atoms with Gasteiger partial charge in [-0.25, -0.2) is 43.4 Å². The summed E-state index contributed by atoms with van der Waals surface area (Å²) >= 11 is 31.5. The van der Waals surface area contributed by atoms with Gasteiger partial charge in [0.2, 0.25) is 11.0 Å². The van der Waals surface area contributed by atoms with Crippen LogP contribution < -0.4 is 19.4 Å². The highest BCUT2D eigenvalue weighted by Crippen LogP contribution is 2.42. The number of H-pyrrole nitrogens is 2. The molecule has 738 valence electrons. The van der Waals surface area contributed by atoms with Gasteiger partial charge in [-0.2, -0.15) is 9.60 Å². The monoisotopic (exact) mass is 2060 g/mol. The number of anilines is 3. The number of ether oxygens (including phenoxy) is 1. The molecule has 0 radical (unpaired) electrons. The van der Waals surface area contributed by atoms with Crippen molar-refractivity contribution in [2.24, 2.45) is 0 Å². The maximum Gasteiger partial charge on any atom is 0.204 e. The number of methoxy groups -OCH3 is 1. The number of aliphatic hydroxyl groups is 1. The van der Waals surface area contributed by atoms with Gasteiger partial charge in [-0.1, -0.05) is 269 Å². The molecule has 0 bridgehead atoms. The molecule has 1 fully saturated rings. The lowest BCUT2D eigenvalue weighted by molar-refractivity contribution is 0.300. The van der Waals surface area contributed by atoms with Crippen molar-refractivity contribution >= 4 is 120 Å². The normalized spacial score (nSPS) is 12.7.